The molecule has 0 aliphatic rings. The summed E-state index contributed by atoms with van der Waals surface area (Å²) in [6.07, 6.45) is 0. The molecule has 1 aromatic heterocycles. The minimum Gasteiger partial charge on any atom is -0.478 e. The number of nitrogens with one attached hydrogen (secondary N) is 1. The first-order valence-electron chi connectivity index (χ1n) is 5.50. The molecular formula is C13H11BrFNO2S. The van der Waals surface area contributed by atoms with Gasteiger partial charge in [-0.05, 0) is 57.4 Å². The maximum absolute atomic E-state index is 14.1. The Balaban J connectivity index is 2.27. The Bertz CT molecular complexity index is 601. The summed E-state index contributed by atoms with van der Waals surface area (Å²) >= 11 is 4.55. The molecule has 0 aliphatic carbocycles. The molecule has 3 nitrogen and oxygen atoms in total. The molecule has 0 radical (unpaired) electrons. The Hall–Kier alpha value is -1.40. The van der Waals surface area contributed by atoms with E-state index in [4.69, 9.17) is 5.11 Å². The van der Waals surface area contributed by atoms with Crippen molar-refractivity contribution in [3.8, 4) is 0 Å². The average molecular weight is 344 g/mol. The van der Waals surface area contributed by atoms with Gasteiger partial charge in [0.05, 0.1) is 15.7 Å². The number of hydrogen-bond acceptors (Lipinski definition) is 3. The zero-order chi connectivity index (χ0) is 14.0. The molecule has 0 aliphatic heterocycles. The van der Waals surface area contributed by atoms with Gasteiger partial charge in [-0.3, -0.25) is 0 Å². The van der Waals surface area contributed by atoms with E-state index in [0.29, 0.717) is 0 Å². The summed E-state index contributed by atoms with van der Waals surface area (Å²) in [4.78, 5) is 10.9. The van der Waals surface area contributed by atoms with Crippen LogP contribution >= 0.6 is 27.3 Å². The number of aromatic carboxylic acids is 1. The topological polar surface area (TPSA) is 49.3 Å². The Morgan fingerprint density at radius 2 is 2.21 bits per heavy atom. The number of benzene rings is 1. The van der Waals surface area contributed by atoms with Crippen LogP contribution in [-0.4, -0.2) is 11.1 Å². The van der Waals surface area contributed by atoms with Crippen molar-refractivity contribution in [3.63, 3.8) is 0 Å². The third-order valence-electron chi connectivity index (χ3n) is 2.73. The summed E-state index contributed by atoms with van der Waals surface area (Å²) < 4.78 is 14.0. The zero-order valence-electron chi connectivity index (χ0n) is 9.98. The van der Waals surface area contributed by atoms with Crippen molar-refractivity contribution in [2.45, 2.75) is 13.0 Å². The lowest BCUT2D eigenvalue weighted by Gasteiger charge is -2.16. The summed E-state index contributed by atoms with van der Waals surface area (Å²) in [7, 11) is 0. The van der Waals surface area contributed by atoms with Crippen molar-refractivity contribution in [2.24, 2.45) is 0 Å². The predicted octanol–water partition coefficient (Wildman–Crippen LogP) is 4.52. The van der Waals surface area contributed by atoms with Gasteiger partial charge in [0.15, 0.2) is 5.82 Å². The Morgan fingerprint density at radius 1 is 1.47 bits per heavy atom. The maximum atomic E-state index is 14.1. The highest BCUT2D eigenvalue weighted by molar-refractivity contribution is 9.10. The fourth-order valence-electron chi connectivity index (χ4n) is 1.66. The van der Waals surface area contributed by atoms with E-state index in [1.54, 1.807) is 11.3 Å². The molecule has 2 aromatic rings. The third kappa shape index (κ3) is 2.96. The van der Waals surface area contributed by atoms with Crippen LogP contribution in [-0.2, 0) is 0 Å². The van der Waals surface area contributed by atoms with Gasteiger partial charge in [0.2, 0.25) is 0 Å². The molecule has 0 amide bonds. The highest BCUT2D eigenvalue weighted by Crippen LogP contribution is 2.30. The van der Waals surface area contributed by atoms with Gasteiger partial charge in [-0.1, -0.05) is 0 Å². The van der Waals surface area contributed by atoms with Gasteiger partial charge in [-0.2, -0.15) is 11.3 Å². The number of hydrogen-bond donors (Lipinski definition) is 2. The number of rotatable bonds is 4. The molecule has 1 aromatic carbocycles. The number of halogens is 2. The lowest BCUT2D eigenvalue weighted by Crippen LogP contribution is -2.09. The van der Waals surface area contributed by atoms with Crippen LogP contribution in [0.25, 0.3) is 0 Å². The normalized spacial score (nSPS) is 12.2. The van der Waals surface area contributed by atoms with Gasteiger partial charge in [0.25, 0.3) is 0 Å². The van der Waals surface area contributed by atoms with Gasteiger partial charge in [-0.15, -0.1) is 0 Å². The summed E-state index contributed by atoms with van der Waals surface area (Å²) in [5.41, 5.74) is 1.24. The van der Waals surface area contributed by atoms with Crippen LogP contribution in [0.3, 0.4) is 0 Å². The van der Waals surface area contributed by atoms with E-state index >= 15 is 0 Å². The van der Waals surface area contributed by atoms with E-state index < -0.39 is 11.8 Å². The van der Waals surface area contributed by atoms with Crippen LogP contribution in [0.5, 0.6) is 0 Å². The van der Waals surface area contributed by atoms with E-state index in [2.05, 4.69) is 21.2 Å². The quantitative estimate of drug-likeness (QED) is 0.857. The molecule has 1 heterocycles. The fraction of sp³-hybridized carbons (Fsp3) is 0.154. The number of thiophene rings is 1. The second-order valence-electron chi connectivity index (χ2n) is 4.02. The van der Waals surface area contributed by atoms with E-state index in [-0.39, 0.29) is 21.8 Å². The van der Waals surface area contributed by atoms with Crippen LogP contribution in [0.15, 0.2) is 33.4 Å². The van der Waals surface area contributed by atoms with Gasteiger partial charge >= 0.3 is 5.97 Å². The van der Waals surface area contributed by atoms with E-state index in [0.717, 1.165) is 5.56 Å². The van der Waals surface area contributed by atoms with E-state index in [1.165, 1.54) is 12.1 Å². The maximum Gasteiger partial charge on any atom is 0.336 e. The molecule has 0 fully saturated rings. The van der Waals surface area contributed by atoms with Crippen molar-refractivity contribution in [1.29, 1.82) is 0 Å². The molecule has 0 saturated carbocycles. The SMILES string of the molecule is CC(Nc1ccc(C(=O)O)c(Br)c1F)c1ccsc1. The molecule has 2 rings (SSSR count). The third-order valence-corrected chi connectivity index (χ3v) is 4.20. The summed E-state index contributed by atoms with van der Waals surface area (Å²) in [6, 6.07) is 4.72. The summed E-state index contributed by atoms with van der Waals surface area (Å²) in [5, 5.41) is 15.9. The van der Waals surface area contributed by atoms with Gasteiger partial charge in [-0.25, -0.2) is 9.18 Å². The highest BCUT2D eigenvalue weighted by atomic mass is 79.9. The first-order chi connectivity index (χ1) is 9.00. The fourth-order valence-corrected chi connectivity index (χ4v) is 2.93. The lowest BCUT2D eigenvalue weighted by atomic mass is 10.1. The van der Waals surface area contributed by atoms with Crippen LogP contribution in [0.4, 0.5) is 10.1 Å². The van der Waals surface area contributed by atoms with E-state index in [9.17, 15) is 9.18 Å². The minimum atomic E-state index is -1.16. The van der Waals surface area contributed by atoms with Gasteiger partial charge in [0.1, 0.15) is 0 Å². The molecule has 19 heavy (non-hydrogen) atoms. The molecular weight excluding hydrogens is 333 g/mol. The summed E-state index contributed by atoms with van der Waals surface area (Å²) in [5.74, 6) is -1.76. The molecule has 0 spiro atoms. The van der Waals surface area contributed by atoms with Crippen LogP contribution in [0.2, 0.25) is 0 Å². The number of carboxylic acids is 1. The minimum absolute atomic E-state index is 0.0393. The molecule has 100 valence electrons. The average Bonchev–Trinajstić information content (AvgIpc) is 2.88. The van der Waals surface area contributed by atoms with Gasteiger partial charge in [0, 0.05) is 6.04 Å². The molecule has 0 bridgehead atoms. The number of carboxylic acid groups (broad SMARTS) is 1. The van der Waals surface area contributed by atoms with Crippen molar-refractivity contribution in [3.05, 3.63) is 50.4 Å². The smallest absolute Gasteiger partial charge is 0.336 e. The second kappa shape index (κ2) is 5.71. The largest absolute Gasteiger partial charge is 0.478 e. The van der Waals surface area contributed by atoms with Crippen LogP contribution in [0.1, 0.15) is 28.9 Å². The van der Waals surface area contributed by atoms with Crippen molar-refractivity contribution in [2.75, 3.05) is 5.32 Å². The monoisotopic (exact) mass is 343 g/mol. The molecule has 6 heteroatoms. The van der Waals surface area contributed by atoms with Crippen LogP contribution in [0, 0.1) is 5.82 Å². The van der Waals surface area contributed by atoms with Crippen molar-refractivity contribution < 1.29 is 14.3 Å². The lowest BCUT2D eigenvalue weighted by molar-refractivity contribution is 0.0695. The molecule has 0 saturated heterocycles. The second-order valence-corrected chi connectivity index (χ2v) is 5.59. The van der Waals surface area contributed by atoms with Crippen molar-refractivity contribution in [1.82, 2.24) is 0 Å². The standard InChI is InChI=1S/C13H11BrFNO2S/c1-7(8-4-5-19-6-8)16-10-3-2-9(13(17)18)11(14)12(10)15/h2-7,16H,1H3,(H,17,18). The number of anilines is 1. The molecule has 2 N–H and O–H groups in total. The number of carbonyl (C=O) groups is 1. The zero-order valence-corrected chi connectivity index (χ0v) is 12.4. The first kappa shape index (κ1) is 14.0. The van der Waals surface area contributed by atoms with E-state index in [1.807, 2.05) is 23.8 Å². The Kier molecular flexibility index (Phi) is 4.21. The summed E-state index contributed by atoms with van der Waals surface area (Å²) in [6.45, 7) is 1.92. The Morgan fingerprint density at radius 3 is 2.79 bits per heavy atom. The molecule has 1 atom stereocenters. The highest BCUT2D eigenvalue weighted by Gasteiger charge is 2.17. The predicted molar refractivity (Wildman–Crippen MR) is 77.4 cm³/mol. The van der Waals surface area contributed by atoms with Crippen molar-refractivity contribution >= 4 is 38.9 Å². The van der Waals surface area contributed by atoms with Crippen LogP contribution < -0.4 is 5.32 Å². The Labute approximate surface area is 122 Å². The van der Waals surface area contributed by atoms with Gasteiger partial charge < -0.3 is 10.4 Å². The molecule has 1 unspecified atom stereocenters. The first-order valence-corrected chi connectivity index (χ1v) is 7.24.